The molecule has 1 unspecified atom stereocenters. The van der Waals surface area contributed by atoms with E-state index in [0.717, 1.165) is 6.42 Å². The van der Waals surface area contributed by atoms with Crippen molar-refractivity contribution in [3.05, 3.63) is 11.8 Å². The van der Waals surface area contributed by atoms with E-state index in [2.05, 4.69) is 16.0 Å². The van der Waals surface area contributed by atoms with Crippen LogP contribution >= 0.6 is 0 Å². The second-order valence-electron chi connectivity index (χ2n) is 13.1. The number of aliphatic hydroxyl groups excluding tert-OH is 4. The Morgan fingerprint density at radius 3 is 2.50 bits per heavy atom. The van der Waals surface area contributed by atoms with Gasteiger partial charge in [-0.15, -0.1) is 0 Å². The highest BCUT2D eigenvalue weighted by molar-refractivity contribution is 5.81. The van der Waals surface area contributed by atoms with Crippen molar-refractivity contribution in [1.29, 1.82) is 0 Å². The molecule has 0 aromatic heterocycles. The zero-order chi connectivity index (χ0) is 32.3. The van der Waals surface area contributed by atoms with Crippen molar-refractivity contribution in [2.45, 2.75) is 111 Å². The number of rotatable bonds is 11. The SMILES string of the molecule is CN[C@@H]1[C@@H](O)[C@@H](O[C@@H]2[C@@H](O)[C@H](C3OC(CNC[C@H]4C[C@@H](N)[C@@H](O)C4)=CC[C@H]3N)[C@@H](N)C[C@H]2NC(=O)[C@@H](O)CN)OC[C@]1(C)O. The molecule has 254 valence electrons. The van der Waals surface area contributed by atoms with Gasteiger partial charge in [0, 0.05) is 30.6 Å². The highest BCUT2D eigenvalue weighted by Gasteiger charge is 2.53. The quantitative estimate of drug-likeness (QED) is 0.101. The van der Waals surface area contributed by atoms with Crippen molar-refractivity contribution in [2.24, 2.45) is 34.8 Å². The third-order valence-electron chi connectivity index (χ3n) is 9.55. The number of nitrogens with two attached hydrogens (primary N) is 4. The topological polar surface area (TPSA) is 286 Å². The van der Waals surface area contributed by atoms with Crippen LogP contribution in [0.1, 0.15) is 32.6 Å². The Kier molecular flexibility index (Phi) is 12.0. The Morgan fingerprint density at radius 2 is 1.86 bits per heavy atom. The molecule has 3 fully saturated rings. The summed E-state index contributed by atoms with van der Waals surface area (Å²) >= 11 is 0. The molecule has 1 saturated heterocycles. The minimum atomic E-state index is -1.49. The van der Waals surface area contributed by atoms with Crippen LogP contribution in [0.4, 0.5) is 0 Å². The first kappa shape index (κ1) is 35.3. The molecule has 2 saturated carbocycles. The summed E-state index contributed by atoms with van der Waals surface area (Å²) in [5, 5.41) is 62.3. The van der Waals surface area contributed by atoms with E-state index >= 15 is 0 Å². The molecule has 4 aliphatic rings. The number of nitrogens with one attached hydrogen (secondary N) is 3. The zero-order valence-corrected chi connectivity index (χ0v) is 25.5. The standard InChI is InChI=1S/C28H53N7O9/c1-28(41)11-42-27(22(39)25(28)33-2)44-24-17(35-26(40)19(37)8-29)7-16(32)20(21(24)38)23-14(30)4-3-13(43-23)10-34-9-12-5-15(31)18(36)6-12/h3,12,14-25,27,33-34,36-39,41H,4-11,29-32H2,1-2H3,(H,35,40)/t12-,14+,15+,16-,17+,18-,19-,20+,21-,22+,23?,24-,25+,27+,28-/m0/s1. The van der Waals surface area contributed by atoms with Crippen LogP contribution in [0.5, 0.6) is 0 Å². The van der Waals surface area contributed by atoms with Crippen LogP contribution in [-0.4, -0.2) is 143 Å². The van der Waals surface area contributed by atoms with Gasteiger partial charge < -0.3 is 78.6 Å². The van der Waals surface area contributed by atoms with Crippen LogP contribution in [0.15, 0.2) is 11.8 Å². The molecule has 0 aromatic carbocycles. The molecule has 2 aliphatic carbocycles. The number of hydrogen-bond acceptors (Lipinski definition) is 15. The first-order valence-electron chi connectivity index (χ1n) is 15.5. The number of carbonyl (C=O) groups excluding carboxylic acids is 1. The predicted octanol–water partition coefficient (Wildman–Crippen LogP) is -5.37. The summed E-state index contributed by atoms with van der Waals surface area (Å²) in [6.45, 7) is 2.10. The van der Waals surface area contributed by atoms with Crippen molar-refractivity contribution in [3.63, 3.8) is 0 Å². The summed E-state index contributed by atoms with van der Waals surface area (Å²) in [5.41, 5.74) is 23.1. The second-order valence-corrected chi connectivity index (χ2v) is 13.1. The van der Waals surface area contributed by atoms with E-state index < -0.39 is 84.5 Å². The van der Waals surface area contributed by atoms with Gasteiger partial charge in [0.25, 0.3) is 0 Å². The molecule has 2 aliphatic heterocycles. The molecule has 16 heteroatoms. The summed E-state index contributed by atoms with van der Waals surface area (Å²) in [5.74, 6) is -0.605. The molecule has 0 bridgehead atoms. The normalized spacial score (nSPS) is 45.3. The monoisotopic (exact) mass is 631 g/mol. The fourth-order valence-corrected chi connectivity index (χ4v) is 7.07. The zero-order valence-electron chi connectivity index (χ0n) is 25.5. The smallest absolute Gasteiger partial charge is 0.250 e. The van der Waals surface area contributed by atoms with Gasteiger partial charge in [-0.2, -0.15) is 0 Å². The molecule has 0 radical (unpaired) electrons. The minimum Gasteiger partial charge on any atom is -0.492 e. The maximum atomic E-state index is 12.6. The third-order valence-corrected chi connectivity index (χ3v) is 9.55. The van der Waals surface area contributed by atoms with Crippen molar-refractivity contribution in [2.75, 3.05) is 33.3 Å². The van der Waals surface area contributed by atoms with Gasteiger partial charge in [-0.3, -0.25) is 4.79 Å². The number of ether oxygens (including phenoxy) is 3. The first-order chi connectivity index (χ1) is 20.8. The van der Waals surface area contributed by atoms with Crippen LogP contribution in [-0.2, 0) is 19.0 Å². The van der Waals surface area contributed by atoms with Crippen molar-refractivity contribution >= 4 is 5.91 Å². The molecule has 2 heterocycles. The largest absolute Gasteiger partial charge is 0.492 e. The van der Waals surface area contributed by atoms with Gasteiger partial charge in [0.1, 0.15) is 35.8 Å². The van der Waals surface area contributed by atoms with Crippen LogP contribution < -0.4 is 38.9 Å². The average Bonchev–Trinajstić information content (AvgIpc) is 3.29. The molecule has 15 atom stereocenters. The van der Waals surface area contributed by atoms with Crippen LogP contribution in [0.2, 0.25) is 0 Å². The Balaban J connectivity index is 1.48. The van der Waals surface area contributed by atoms with Crippen LogP contribution in [0.3, 0.4) is 0 Å². The lowest BCUT2D eigenvalue weighted by molar-refractivity contribution is -0.297. The van der Waals surface area contributed by atoms with Gasteiger partial charge >= 0.3 is 0 Å². The summed E-state index contributed by atoms with van der Waals surface area (Å²) in [7, 11) is 1.58. The van der Waals surface area contributed by atoms with Crippen LogP contribution in [0.25, 0.3) is 0 Å². The molecular formula is C28H53N7O9. The van der Waals surface area contributed by atoms with Gasteiger partial charge in [0.05, 0.1) is 37.4 Å². The number of likely N-dealkylation sites (N-methyl/N-ethyl adjacent to an activating group) is 1. The minimum absolute atomic E-state index is 0.125. The summed E-state index contributed by atoms with van der Waals surface area (Å²) in [6.07, 6.45) is -3.92. The lowest BCUT2D eigenvalue weighted by Crippen LogP contribution is -2.69. The highest BCUT2D eigenvalue weighted by Crippen LogP contribution is 2.36. The van der Waals surface area contributed by atoms with E-state index in [0.29, 0.717) is 31.7 Å². The predicted molar refractivity (Wildman–Crippen MR) is 158 cm³/mol. The Morgan fingerprint density at radius 1 is 1.14 bits per heavy atom. The summed E-state index contributed by atoms with van der Waals surface area (Å²) in [4.78, 5) is 12.6. The van der Waals surface area contributed by atoms with Crippen molar-refractivity contribution in [1.82, 2.24) is 16.0 Å². The van der Waals surface area contributed by atoms with Gasteiger partial charge in [-0.25, -0.2) is 0 Å². The van der Waals surface area contributed by atoms with Crippen molar-refractivity contribution < 1.29 is 44.5 Å². The van der Waals surface area contributed by atoms with E-state index in [9.17, 15) is 30.3 Å². The highest BCUT2D eigenvalue weighted by atomic mass is 16.7. The second kappa shape index (κ2) is 14.9. The summed E-state index contributed by atoms with van der Waals surface area (Å²) in [6, 6.07) is -3.12. The molecule has 44 heavy (non-hydrogen) atoms. The van der Waals surface area contributed by atoms with E-state index in [-0.39, 0.29) is 31.5 Å². The van der Waals surface area contributed by atoms with E-state index in [1.807, 2.05) is 6.08 Å². The number of carbonyl (C=O) groups is 1. The summed E-state index contributed by atoms with van der Waals surface area (Å²) < 4.78 is 18.2. The maximum Gasteiger partial charge on any atom is 0.250 e. The van der Waals surface area contributed by atoms with E-state index in [1.54, 1.807) is 7.05 Å². The van der Waals surface area contributed by atoms with Gasteiger partial charge in [0.2, 0.25) is 5.91 Å². The Labute approximate surface area is 257 Å². The van der Waals surface area contributed by atoms with E-state index in [1.165, 1.54) is 6.92 Å². The lowest BCUT2D eigenvalue weighted by atomic mass is 9.72. The molecular weight excluding hydrogens is 578 g/mol. The van der Waals surface area contributed by atoms with Gasteiger partial charge in [-0.1, -0.05) is 0 Å². The molecule has 16 nitrogen and oxygen atoms in total. The average molecular weight is 632 g/mol. The molecule has 0 spiro atoms. The maximum absolute atomic E-state index is 12.6. The Bertz CT molecular complexity index is 983. The molecule has 4 rings (SSSR count). The fraction of sp³-hybridized carbons (Fsp3) is 0.893. The lowest BCUT2D eigenvalue weighted by Gasteiger charge is -2.50. The van der Waals surface area contributed by atoms with E-state index in [4.69, 9.17) is 37.1 Å². The van der Waals surface area contributed by atoms with Gasteiger partial charge in [-0.05, 0) is 58.2 Å². The number of aliphatic hydroxyl groups is 5. The van der Waals surface area contributed by atoms with Crippen molar-refractivity contribution in [3.8, 4) is 0 Å². The van der Waals surface area contributed by atoms with Crippen LogP contribution in [0, 0.1) is 11.8 Å². The molecule has 0 aromatic rings. The Hall–Kier alpha value is -1.51. The molecule has 1 amide bonds. The molecule has 16 N–H and O–H groups in total. The fourth-order valence-electron chi connectivity index (χ4n) is 7.07. The first-order valence-corrected chi connectivity index (χ1v) is 15.5. The number of amides is 1. The van der Waals surface area contributed by atoms with Gasteiger partial charge in [0.15, 0.2) is 6.29 Å². The number of hydrogen-bond donors (Lipinski definition) is 12. The third kappa shape index (κ3) is 7.88.